The molecule has 2 aromatic carbocycles. The normalized spacial score (nSPS) is 11.6. The highest BCUT2D eigenvalue weighted by Crippen LogP contribution is 2.36. The lowest BCUT2D eigenvalue weighted by Crippen LogP contribution is -2.29. The van der Waals surface area contributed by atoms with E-state index in [0.717, 1.165) is 26.7 Å². The number of ether oxygens (including phenoxy) is 3. The number of halogens is 2. The van der Waals surface area contributed by atoms with Crippen LogP contribution in [-0.2, 0) is 19.0 Å². The van der Waals surface area contributed by atoms with Crippen LogP contribution in [0.25, 0.3) is 21.6 Å². The van der Waals surface area contributed by atoms with Crippen LogP contribution >= 0.6 is 0 Å². The zero-order valence-corrected chi connectivity index (χ0v) is 26.0. The first-order valence-corrected chi connectivity index (χ1v) is 15.4. The van der Waals surface area contributed by atoms with E-state index in [1.807, 2.05) is 48.5 Å². The number of nitrogens with one attached hydrogen (secondary N) is 1. The number of pyridine rings is 1. The molecule has 1 amide bonds. The summed E-state index contributed by atoms with van der Waals surface area (Å²) in [5.41, 5.74) is 13.2. The lowest BCUT2D eigenvalue weighted by atomic mass is 10.1. The van der Waals surface area contributed by atoms with E-state index in [-0.39, 0.29) is 11.4 Å². The SMILES string of the molecule is [N-]=[N+]=NCCOCCOCCOCCNC(=O)CCCCC#Cc1cc/c(=N/N=C2c3ccccc3-c3ccccc32)n(B(F)F)c1. The van der Waals surface area contributed by atoms with E-state index >= 15 is 0 Å². The number of hydrogen-bond donors (Lipinski definition) is 1. The van der Waals surface area contributed by atoms with Gasteiger partial charge in [-0.25, -0.2) is 0 Å². The third-order valence-electron chi connectivity index (χ3n) is 6.97. The Labute approximate surface area is 272 Å². The van der Waals surface area contributed by atoms with Crippen LogP contribution in [-0.4, -0.2) is 76.2 Å². The minimum atomic E-state index is -2.82. The molecular formula is C33H36BF2N7O4. The van der Waals surface area contributed by atoms with Crippen LogP contribution in [0, 0.1) is 11.8 Å². The Bertz CT molecular complexity index is 1650. The van der Waals surface area contributed by atoms with E-state index in [0.29, 0.717) is 89.7 Å². The van der Waals surface area contributed by atoms with E-state index in [4.69, 9.17) is 19.7 Å². The zero-order chi connectivity index (χ0) is 33.1. The molecule has 0 atom stereocenters. The molecule has 0 unspecified atom stereocenters. The smallest absolute Gasteiger partial charge is 0.379 e. The van der Waals surface area contributed by atoms with Crippen molar-refractivity contribution in [3.05, 3.63) is 99.5 Å². The quantitative estimate of drug-likeness (QED) is 0.0311. The number of carbonyl (C=O) groups excluding carboxylic acids is 1. The first-order valence-electron chi connectivity index (χ1n) is 15.4. The number of azide groups is 1. The molecule has 0 saturated carbocycles. The molecule has 47 heavy (non-hydrogen) atoms. The second-order valence-electron chi connectivity index (χ2n) is 10.3. The first-order chi connectivity index (χ1) is 23.1. The van der Waals surface area contributed by atoms with E-state index < -0.39 is 7.40 Å². The van der Waals surface area contributed by atoms with Crippen molar-refractivity contribution in [3.8, 4) is 23.0 Å². The van der Waals surface area contributed by atoms with Gasteiger partial charge in [0.2, 0.25) is 5.91 Å². The molecule has 244 valence electrons. The van der Waals surface area contributed by atoms with Crippen molar-refractivity contribution in [1.82, 2.24) is 9.79 Å². The lowest BCUT2D eigenvalue weighted by Gasteiger charge is -2.07. The summed E-state index contributed by atoms with van der Waals surface area (Å²) in [6, 6.07) is 18.8. The van der Waals surface area contributed by atoms with Gasteiger partial charge in [-0.1, -0.05) is 65.5 Å². The van der Waals surface area contributed by atoms with E-state index in [1.165, 1.54) is 12.3 Å². The summed E-state index contributed by atoms with van der Waals surface area (Å²) in [5.74, 6) is 5.86. The predicted octanol–water partition coefficient (Wildman–Crippen LogP) is 4.98. The van der Waals surface area contributed by atoms with Gasteiger partial charge in [-0.2, -0.15) is 0 Å². The maximum Gasteiger partial charge on any atom is 0.678 e. The number of carbonyl (C=O) groups is 1. The highest BCUT2D eigenvalue weighted by molar-refractivity contribution is 6.40. The summed E-state index contributed by atoms with van der Waals surface area (Å²) in [6.07, 6.45) is 3.53. The Balaban J connectivity index is 1.15. The number of amides is 1. The zero-order valence-electron chi connectivity index (χ0n) is 26.0. The second kappa shape index (κ2) is 19.7. The van der Waals surface area contributed by atoms with Gasteiger partial charge in [0.1, 0.15) is 11.2 Å². The summed E-state index contributed by atoms with van der Waals surface area (Å²) < 4.78 is 44.6. The van der Waals surface area contributed by atoms with Crippen LogP contribution in [0.4, 0.5) is 8.63 Å². The Morgan fingerprint density at radius 1 is 0.851 bits per heavy atom. The van der Waals surface area contributed by atoms with Crippen molar-refractivity contribution in [1.29, 1.82) is 0 Å². The third kappa shape index (κ3) is 11.2. The molecule has 1 heterocycles. The highest BCUT2D eigenvalue weighted by atomic mass is 19.2. The van der Waals surface area contributed by atoms with Gasteiger partial charge in [-0.3, -0.25) is 13.4 Å². The highest BCUT2D eigenvalue weighted by Gasteiger charge is 2.24. The summed E-state index contributed by atoms with van der Waals surface area (Å²) in [7, 11) is -2.82. The van der Waals surface area contributed by atoms with Crippen LogP contribution < -0.4 is 10.8 Å². The van der Waals surface area contributed by atoms with Crippen molar-refractivity contribution in [3.63, 3.8) is 0 Å². The van der Waals surface area contributed by atoms with Crippen LogP contribution in [0.5, 0.6) is 0 Å². The molecule has 0 spiro atoms. The number of benzene rings is 2. The minimum Gasteiger partial charge on any atom is -0.379 e. The maximum absolute atomic E-state index is 13.9. The molecule has 0 aliphatic heterocycles. The largest absolute Gasteiger partial charge is 0.678 e. The van der Waals surface area contributed by atoms with E-state index in [2.05, 4.69) is 37.4 Å². The molecule has 0 bridgehead atoms. The topological polar surface area (TPSA) is 135 Å². The number of hydrogen-bond acceptors (Lipinski definition) is 7. The Morgan fingerprint density at radius 3 is 2.15 bits per heavy atom. The summed E-state index contributed by atoms with van der Waals surface area (Å²) in [5, 5.41) is 14.8. The fourth-order valence-corrected chi connectivity index (χ4v) is 4.73. The molecule has 3 aromatic rings. The molecule has 1 aliphatic carbocycles. The van der Waals surface area contributed by atoms with Gasteiger partial charge in [0.05, 0.1) is 39.6 Å². The summed E-state index contributed by atoms with van der Waals surface area (Å²) >= 11 is 0. The van der Waals surface area contributed by atoms with Crippen LogP contribution in [0.15, 0.2) is 82.2 Å². The van der Waals surface area contributed by atoms with E-state index in [9.17, 15) is 13.4 Å². The Hall–Kier alpha value is -4.80. The van der Waals surface area contributed by atoms with Crippen molar-refractivity contribution in [2.45, 2.75) is 25.7 Å². The average molecular weight is 644 g/mol. The standard InChI is InChI=1S/C33H36BF2N7O4/c35-34(36)43-25-26(15-16-31(43)40-41-33-29-12-7-5-10-27(29)28-11-6-8-13-30(28)33)9-3-1-2-4-14-32(44)38-17-19-45-21-23-47-24-22-46-20-18-39-42-37/h5-8,10-13,15-16,25H,1-2,4,14,17-24H2,(H,38,44)/b40-31-. The number of unbranched alkanes of at least 4 members (excludes halogenated alkanes) is 2. The number of rotatable bonds is 18. The van der Waals surface area contributed by atoms with Crippen LogP contribution in [0.1, 0.15) is 42.4 Å². The molecule has 1 aliphatic rings. The minimum absolute atomic E-state index is 0.0199. The second-order valence-corrected chi connectivity index (χ2v) is 10.3. The van der Waals surface area contributed by atoms with Gasteiger partial charge in [-0.15, -0.1) is 10.2 Å². The maximum atomic E-state index is 13.9. The monoisotopic (exact) mass is 643 g/mol. The molecule has 11 nitrogen and oxygen atoms in total. The van der Waals surface area contributed by atoms with Gasteiger partial charge in [0.15, 0.2) is 0 Å². The van der Waals surface area contributed by atoms with Crippen molar-refractivity contribution in [2.24, 2.45) is 15.3 Å². The van der Waals surface area contributed by atoms with Gasteiger partial charge in [0.25, 0.3) is 0 Å². The molecule has 0 fully saturated rings. The molecule has 1 aromatic heterocycles. The first kappa shape index (κ1) is 35.1. The molecule has 14 heteroatoms. The molecule has 0 saturated heterocycles. The predicted molar refractivity (Wildman–Crippen MR) is 176 cm³/mol. The number of aromatic nitrogens is 1. The third-order valence-corrected chi connectivity index (χ3v) is 6.97. The van der Waals surface area contributed by atoms with Gasteiger partial charge in [-0.05, 0) is 41.6 Å². The van der Waals surface area contributed by atoms with Crippen molar-refractivity contribution in [2.75, 3.05) is 52.7 Å². The van der Waals surface area contributed by atoms with Gasteiger partial charge in [0, 0.05) is 53.7 Å². The fraction of sp³-hybridized carbons (Fsp3) is 0.364. The summed E-state index contributed by atoms with van der Waals surface area (Å²) in [6.45, 7) is 3.08. The number of fused-ring (bicyclic) bond motifs is 3. The molecule has 0 radical (unpaired) electrons. The van der Waals surface area contributed by atoms with Gasteiger partial charge >= 0.3 is 7.40 Å². The van der Waals surface area contributed by atoms with Crippen molar-refractivity contribution >= 4 is 19.0 Å². The summed E-state index contributed by atoms with van der Waals surface area (Å²) in [4.78, 5) is 14.7. The average Bonchev–Trinajstić information content (AvgIpc) is 3.41. The van der Waals surface area contributed by atoms with Gasteiger partial charge < -0.3 is 24.0 Å². The molecular weight excluding hydrogens is 607 g/mol. The van der Waals surface area contributed by atoms with E-state index in [1.54, 1.807) is 6.07 Å². The van der Waals surface area contributed by atoms with Crippen LogP contribution in [0.2, 0.25) is 0 Å². The Kier molecular flexibility index (Phi) is 14.7. The van der Waals surface area contributed by atoms with Crippen molar-refractivity contribution < 1.29 is 27.6 Å². The molecule has 1 N–H and O–H groups in total. The lowest BCUT2D eigenvalue weighted by molar-refractivity contribution is -0.121. The van der Waals surface area contributed by atoms with Crippen LogP contribution in [0.3, 0.4) is 0 Å². The Morgan fingerprint density at radius 2 is 1.49 bits per heavy atom. The number of nitrogens with zero attached hydrogens (tertiary/aromatic N) is 6. The fourth-order valence-electron chi connectivity index (χ4n) is 4.73. The molecule has 4 rings (SSSR count).